The van der Waals surface area contributed by atoms with Crippen molar-refractivity contribution in [2.75, 3.05) is 0 Å². The van der Waals surface area contributed by atoms with Crippen molar-refractivity contribution >= 4 is 5.78 Å². The predicted octanol–water partition coefficient (Wildman–Crippen LogP) is 1.85. The van der Waals surface area contributed by atoms with E-state index in [4.69, 9.17) is 0 Å². The third-order valence-electron chi connectivity index (χ3n) is 2.42. The molecule has 0 aliphatic heterocycles. The van der Waals surface area contributed by atoms with E-state index in [2.05, 4.69) is 6.08 Å². The zero-order valence-corrected chi connectivity index (χ0v) is 6.05. The molecule has 52 valence electrons. The summed E-state index contributed by atoms with van der Waals surface area (Å²) in [5, 5.41) is 0. The number of hydrogen-bond donors (Lipinski definition) is 0. The second kappa shape index (κ2) is 1.82. The topological polar surface area (TPSA) is 17.1 Å². The molecule has 1 saturated carbocycles. The van der Waals surface area contributed by atoms with Crippen molar-refractivity contribution < 1.29 is 4.79 Å². The number of carbonyl (C=O) groups is 1. The summed E-state index contributed by atoms with van der Waals surface area (Å²) < 4.78 is 0. The van der Waals surface area contributed by atoms with Gasteiger partial charge in [0, 0.05) is 0 Å². The van der Waals surface area contributed by atoms with Crippen LogP contribution < -0.4 is 0 Å². The van der Waals surface area contributed by atoms with Gasteiger partial charge in [-0.2, -0.15) is 0 Å². The molecule has 0 heterocycles. The predicted molar refractivity (Wildman–Crippen MR) is 39.6 cm³/mol. The lowest BCUT2D eigenvalue weighted by Gasteiger charge is -2.05. The smallest absolute Gasteiger partial charge is 0.184 e. The molecule has 1 unspecified atom stereocenters. The van der Waals surface area contributed by atoms with Crippen LogP contribution in [-0.2, 0) is 4.79 Å². The first-order valence-electron chi connectivity index (χ1n) is 3.73. The van der Waals surface area contributed by atoms with Gasteiger partial charge in [0.25, 0.3) is 0 Å². The Morgan fingerprint density at radius 3 is 2.90 bits per heavy atom. The van der Waals surface area contributed by atoms with E-state index < -0.39 is 0 Å². The van der Waals surface area contributed by atoms with Crippen LogP contribution in [0.3, 0.4) is 0 Å². The van der Waals surface area contributed by atoms with Gasteiger partial charge in [-0.15, -0.1) is 0 Å². The Balaban J connectivity index is 2.46. The Morgan fingerprint density at radius 1 is 1.70 bits per heavy atom. The summed E-state index contributed by atoms with van der Waals surface area (Å²) in [4.78, 5) is 11.3. The van der Waals surface area contributed by atoms with Gasteiger partial charge in [-0.05, 0) is 36.8 Å². The molecule has 0 radical (unpaired) electrons. The van der Waals surface area contributed by atoms with Gasteiger partial charge in [-0.1, -0.05) is 12.2 Å². The van der Waals surface area contributed by atoms with Crippen LogP contribution in [0.15, 0.2) is 23.3 Å². The standard InChI is InChI=1S/C9H10O/c1-2-8-6-3-4-7(5-6)9(8)10/h2,4,6H,3,5H2,1H3. The molecule has 10 heavy (non-hydrogen) atoms. The van der Waals surface area contributed by atoms with E-state index in [-0.39, 0.29) is 0 Å². The van der Waals surface area contributed by atoms with Gasteiger partial charge < -0.3 is 0 Å². The fourth-order valence-corrected chi connectivity index (χ4v) is 1.88. The van der Waals surface area contributed by atoms with Crippen LogP contribution in [-0.4, -0.2) is 5.78 Å². The van der Waals surface area contributed by atoms with Gasteiger partial charge >= 0.3 is 0 Å². The van der Waals surface area contributed by atoms with E-state index >= 15 is 0 Å². The van der Waals surface area contributed by atoms with Crippen LogP contribution >= 0.6 is 0 Å². The van der Waals surface area contributed by atoms with Gasteiger partial charge in [0.05, 0.1) is 0 Å². The van der Waals surface area contributed by atoms with Crippen LogP contribution in [0.25, 0.3) is 0 Å². The van der Waals surface area contributed by atoms with Gasteiger partial charge in [-0.3, -0.25) is 4.79 Å². The highest BCUT2D eigenvalue weighted by molar-refractivity contribution is 6.12. The number of fused-ring (bicyclic) bond motifs is 2. The summed E-state index contributed by atoms with van der Waals surface area (Å²) >= 11 is 0. The normalized spacial score (nSPS) is 33.7. The molecule has 0 saturated heterocycles. The molecule has 1 atom stereocenters. The number of ketones is 1. The summed E-state index contributed by atoms with van der Waals surface area (Å²) in [6, 6.07) is 0. The highest BCUT2D eigenvalue weighted by Crippen LogP contribution is 2.40. The maximum absolute atomic E-state index is 11.3. The maximum Gasteiger partial charge on any atom is 0.184 e. The zero-order chi connectivity index (χ0) is 7.14. The summed E-state index contributed by atoms with van der Waals surface area (Å²) in [7, 11) is 0. The van der Waals surface area contributed by atoms with Crippen LogP contribution in [0.5, 0.6) is 0 Å². The Bertz CT molecular complexity index is 245. The van der Waals surface area contributed by atoms with Gasteiger partial charge in [-0.25, -0.2) is 0 Å². The Labute approximate surface area is 60.4 Å². The molecule has 2 aliphatic rings. The molecule has 1 nitrogen and oxygen atoms in total. The van der Waals surface area contributed by atoms with E-state index in [1.807, 2.05) is 13.0 Å². The van der Waals surface area contributed by atoms with Gasteiger partial charge in [0.15, 0.2) is 5.78 Å². The molecule has 1 heteroatoms. The number of carbonyl (C=O) groups excluding carboxylic acids is 1. The number of allylic oxidation sites excluding steroid dienone is 4. The first kappa shape index (κ1) is 5.90. The molecule has 0 spiro atoms. The fourth-order valence-electron chi connectivity index (χ4n) is 1.88. The minimum absolute atomic E-state index is 0.304. The van der Waals surface area contributed by atoms with Crippen LogP contribution in [0.2, 0.25) is 0 Å². The molecule has 2 rings (SSSR count). The molecule has 0 aromatic carbocycles. The molecule has 1 fully saturated rings. The van der Waals surface area contributed by atoms with Gasteiger partial charge in [0.1, 0.15) is 0 Å². The number of Topliss-reactive ketones (excluding diaryl/α,β-unsaturated/α-hetero) is 1. The molecular formula is C9H10O. The molecule has 0 amide bonds. The van der Waals surface area contributed by atoms with Crippen LogP contribution in [0, 0.1) is 5.92 Å². The average molecular weight is 134 g/mol. The third kappa shape index (κ3) is 0.551. The van der Waals surface area contributed by atoms with E-state index in [9.17, 15) is 4.79 Å². The van der Waals surface area contributed by atoms with Crippen LogP contribution in [0.4, 0.5) is 0 Å². The second-order valence-corrected chi connectivity index (χ2v) is 2.94. The number of hydrogen-bond acceptors (Lipinski definition) is 1. The molecule has 0 aromatic rings. The average Bonchev–Trinajstić information content (AvgIpc) is 2.46. The second-order valence-electron chi connectivity index (χ2n) is 2.94. The summed E-state index contributed by atoms with van der Waals surface area (Å²) in [5.41, 5.74) is 2.11. The Kier molecular flexibility index (Phi) is 1.07. The highest BCUT2D eigenvalue weighted by atomic mass is 16.1. The molecule has 2 bridgehead atoms. The Hall–Kier alpha value is -0.850. The highest BCUT2D eigenvalue weighted by Gasteiger charge is 2.35. The van der Waals surface area contributed by atoms with Crippen molar-refractivity contribution in [3.8, 4) is 0 Å². The summed E-state index contributed by atoms with van der Waals surface area (Å²) in [5.74, 6) is 0.853. The van der Waals surface area contributed by atoms with Crippen molar-refractivity contribution in [2.24, 2.45) is 5.92 Å². The minimum Gasteiger partial charge on any atom is -0.289 e. The Morgan fingerprint density at radius 2 is 2.50 bits per heavy atom. The van der Waals surface area contributed by atoms with Crippen molar-refractivity contribution in [1.29, 1.82) is 0 Å². The van der Waals surface area contributed by atoms with Crippen molar-refractivity contribution in [3.63, 3.8) is 0 Å². The largest absolute Gasteiger partial charge is 0.289 e. The first-order chi connectivity index (χ1) is 4.83. The number of rotatable bonds is 0. The van der Waals surface area contributed by atoms with E-state index in [0.717, 1.165) is 24.0 Å². The molecule has 0 N–H and O–H groups in total. The van der Waals surface area contributed by atoms with Crippen molar-refractivity contribution in [1.82, 2.24) is 0 Å². The lowest BCUT2D eigenvalue weighted by atomic mass is 9.98. The van der Waals surface area contributed by atoms with E-state index in [1.165, 1.54) is 0 Å². The molecule has 2 aliphatic carbocycles. The lowest BCUT2D eigenvalue weighted by Crippen LogP contribution is -2.03. The van der Waals surface area contributed by atoms with E-state index in [1.54, 1.807) is 0 Å². The summed E-state index contributed by atoms with van der Waals surface area (Å²) in [6.45, 7) is 1.95. The van der Waals surface area contributed by atoms with E-state index in [0.29, 0.717) is 11.7 Å². The van der Waals surface area contributed by atoms with Gasteiger partial charge in [0.2, 0.25) is 0 Å². The minimum atomic E-state index is 0.304. The quantitative estimate of drug-likeness (QED) is 0.462. The third-order valence-corrected chi connectivity index (χ3v) is 2.42. The van der Waals surface area contributed by atoms with Crippen molar-refractivity contribution in [3.05, 3.63) is 23.3 Å². The molecule has 0 aromatic heterocycles. The zero-order valence-electron chi connectivity index (χ0n) is 6.05. The first-order valence-corrected chi connectivity index (χ1v) is 3.73. The summed E-state index contributed by atoms with van der Waals surface area (Å²) in [6.07, 6.45) is 6.16. The van der Waals surface area contributed by atoms with Crippen LogP contribution in [0.1, 0.15) is 19.8 Å². The SMILES string of the molecule is CC=C1C(=O)C2=CCC1C2. The molecular weight excluding hydrogens is 124 g/mol. The lowest BCUT2D eigenvalue weighted by molar-refractivity contribution is -0.111. The van der Waals surface area contributed by atoms with Crippen molar-refractivity contribution in [2.45, 2.75) is 19.8 Å². The monoisotopic (exact) mass is 134 g/mol. The maximum atomic E-state index is 11.3. The fraction of sp³-hybridized carbons (Fsp3) is 0.444.